The zero-order chi connectivity index (χ0) is 32.4. The van der Waals surface area contributed by atoms with Crippen molar-refractivity contribution in [3.8, 4) is 0 Å². The fraction of sp³-hybridized carbons (Fsp3) is 0.897. The molecule has 4 saturated carbocycles. The Morgan fingerprint density at radius 2 is 1.83 bits per heavy atom. The van der Waals surface area contributed by atoms with Gasteiger partial charge in [-0.05, 0) is 56.4 Å². The van der Waals surface area contributed by atoms with Crippen LogP contribution in [0, 0.1) is 28.6 Å². The molecule has 0 aromatic rings. The molecule has 2 heterocycles. The molecule has 0 bridgehead atoms. The molecule has 8 N–H and O–H groups in total. The summed E-state index contributed by atoms with van der Waals surface area (Å²) in [6.45, 7) is -0.0485. The van der Waals surface area contributed by atoms with Gasteiger partial charge in [0.05, 0.1) is 51.8 Å². The lowest BCUT2D eigenvalue weighted by molar-refractivity contribution is -0.342. The highest BCUT2D eigenvalue weighted by Crippen LogP contribution is 2.70. The lowest BCUT2D eigenvalue weighted by Gasteiger charge is -2.68. The molecule has 0 amide bonds. The van der Waals surface area contributed by atoms with E-state index in [4.69, 9.17) is 18.3 Å². The van der Waals surface area contributed by atoms with Crippen molar-refractivity contribution in [2.75, 3.05) is 13.2 Å². The van der Waals surface area contributed by atoms with Crippen molar-refractivity contribution < 1.29 is 64.0 Å². The topological polar surface area (TPSA) is 207 Å². The van der Waals surface area contributed by atoms with Crippen molar-refractivity contribution >= 4 is 5.97 Å². The highest BCUT2D eigenvalue weighted by molar-refractivity contribution is 5.85. The zero-order valence-electron chi connectivity index (χ0n) is 26.2. The zero-order valence-corrected chi connectivity index (χ0v) is 23.2. The summed E-state index contributed by atoms with van der Waals surface area (Å²) in [5, 5.41) is 89.8. The molecule has 5 fully saturated rings. The first-order valence-corrected chi connectivity index (χ1v) is 14.6. The standard InChI is InChI=1S/C29H44O12/c1-13-22(34)23(35)24(36)25(40-13)41-15-8-19(32)28(12-30)21-17(3-5-27(28,37)9-15)29(38)6-4-16(14-7-20(33)39-11-14)26(29,2)10-18(21)31/h7,13,15-19,21-25,30-32,34-38H,3-6,8-12H2,1-2H3/t13?,15-,16+,17+,18+,19+,21+,22-,23?,24-,25-,26+,27-,28+,29-/m0/s1/i7D,11D2. The quantitative estimate of drug-likeness (QED) is 0.140. The largest absolute Gasteiger partial charge is 0.458 e. The minimum atomic E-state index is -2.54. The molecule has 0 aromatic heterocycles. The van der Waals surface area contributed by atoms with Gasteiger partial charge in [0.1, 0.15) is 24.9 Å². The Kier molecular flexibility index (Phi) is 6.34. The van der Waals surface area contributed by atoms with E-state index in [1.807, 2.05) is 0 Å². The molecule has 0 aromatic carbocycles. The lowest BCUT2D eigenvalue weighted by atomic mass is 9.40. The van der Waals surface area contributed by atoms with Crippen LogP contribution in [0.4, 0.5) is 0 Å². The molecular formula is C29H44O12. The number of aliphatic hydroxyl groups excluding tert-OH is 6. The second-order valence-electron chi connectivity index (χ2n) is 13.5. The first kappa shape index (κ1) is 26.2. The van der Waals surface area contributed by atoms with Crippen molar-refractivity contribution in [2.45, 2.75) is 119 Å². The molecule has 12 nitrogen and oxygen atoms in total. The third-order valence-electron chi connectivity index (χ3n) is 11.9. The van der Waals surface area contributed by atoms with Gasteiger partial charge in [-0.1, -0.05) is 6.92 Å². The third kappa shape index (κ3) is 3.99. The summed E-state index contributed by atoms with van der Waals surface area (Å²) in [6, 6.07) is -0.593. The van der Waals surface area contributed by atoms with E-state index in [-0.39, 0.29) is 50.5 Å². The summed E-state index contributed by atoms with van der Waals surface area (Å²) in [5.41, 5.74) is -6.37. The van der Waals surface area contributed by atoms with Gasteiger partial charge in [0.2, 0.25) is 0 Å². The monoisotopic (exact) mass is 587 g/mol. The van der Waals surface area contributed by atoms with E-state index < -0.39 is 114 Å². The summed E-state index contributed by atoms with van der Waals surface area (Å²) in [6.07, 6.45) is -10.1. The Hall–Kier alpha value is -1.19. The molecule has 0 radical (unpaired) electrons. The van der Waals surface area contributed by atoms with E-state index in [9.17, 15) is 45.6 Å². The molecule has 2 unspecified atom stereocenters. The molecular weight excluding hydrogens is 540 g/mol. The van der Waals surface area contributed by atoms with E-state index in [0.29, 0.717) is 0 Å². The number of carbonyl (C=O) groups excluding carboxylic acids is 1. The number of hydrogen-bond donors (Lipinski definition) is 8. The fourth-order valence-electron chi connectivity index (χ4n) is 9.79. The molecule has 2 aliphatic heterocycles. The molecule has 12 heteroatoms. The van der Waals surface area contributed by atoms with Crippen molar-refractivity contribution in [3.05, 3.63) is 11.6 Å². The normalized spacial score (nSPS) is 59.4. The molecule has 15 atom stereocenters. The van der Waals surface area contributed by atoms with Crippen LogP contribution in [0.15, 0.2) is 11.6 Å². The Morgan fingerprint density at radius 1 is 1.10 bits per heavy atom. The summed E-state index contributed by atoms with van der Waals surface area (Å²) < 4.78 is 41.1. The number of fused-ring (bicyclic) bond motifs is 5. The number of hydrogen-bond acceptors (Lipinski definition) is 12. The number of carbonyl (C=O) groups is 1. The Labute approximate surface area is 242 Å². The van der Waals surface area contributed by atoms with Gasteiger partial charge in [-0.25, -0.2) is 4.79 Å². The van der Waals surface area contributed by atoms with Gasteiger partial charge in [-0.3, -0.25) is 0 Å². The van der Waals surface area contributed by atoms with Crippen LogP contribution in [0.1, 0.15) is 62.9 Å². The Morgan fingerprint density at radius 3 is 2.49 bits per heavy atom. The van der Waals surface area contributed by atoms with Crippen LogP contribution in [-0.4, -0.2) is 120 Å². The first-order valence-electron chi connectivity index (χ1n) is 16.1. The minimum Gasteiger partial charge on any atom is -0.458 e. The van der Waals surface area contributed by atoms with Gasteiger partial charge >= 0.3 is 5.97 Å². The maximum atomic E-state index is 12.5. The number of esters is 1. The maximum absolute atomic E-state index is 12.5. The molecule has 0 spiro atoms. The second kappa shape index (κ2) is 9.91. The van der Waals surface area contributed by atoms with E-state index >= 15 is 0 Å². The summed E-state index contributed by atoms with van der Waals surface area (Å²) in [4.78, 5) is 12.2. The van der Waals surface area contributed by atoms with E-state index in [0.717, 1.165) is 0 Å². The van der Waals surface area contributed by atoms with Crippen molar-refractivity contribution in [1.82, 2.24) is 0 Å². The number of rotatable bonds is 4. The molecule has 6 aliphatic rings. The second-order valence-corrected chi connectivity index (χ2v) is 13.5. The van der Waals surface area contributed by atoms with Crippen LogP contribution in [0.5, 0.6) is 0 Å². The summed E-state index contributed by atoms with van der Waals surface area (Å²) >= 11 is 0. The highest BCUT2D eigenvalue weighted by Gasteiger charge is 2.75. The predicted octanol–water partition coefficient (Wildman–Crippen LogP) is -1.51. The molecule has 4 aliphatic carbocycles. The van der Waals surface area contributed by atoms with Crippen molar-refractivity contribution in [1.29, 1.82) is 0 Å². The van der Waals surface area contributed by atoms with E-state index in [1.165, 1.54) is 6.92 Å². The van der Waals surface area contributed by atoms with Crippen molar-refractivity contribution in [3.63, 3.8) is 0 Å². The van der Waals surface area contributed by atoms with Crippen LogP contribution in [0.2, 0.25) is 0 Å². The summed E-state index contributed by atoms with van der Waals surface area (Å²) in [5.74, 6) is -3.60. The number of aliphatic hydroxyl groups is 8. The Balaban J connectivity index is 1.30. The van der Waals surface area contributed by atoms with Crippen LogP contribution in [0.25, 0.3) is 0 Å². The van der Waals surface area contributed by atoms with E-state index in [1.54, 1.807) is 6.92 Å². The molecule has 232 valence electrons. The molecule has 1 saturated heterocycles. The van der Waals surface area contributed by atoms with E-state index in [2.05, 4.69) is 0 Å². The number of cyclic esters (lactones) is 1. The first-order chi connectivity index (χ1) is 20.4. The molecule has 41 heavy (non-hydrogen) atoms. The summed E-state index contributed by atoms with van der Waals surface area (Å²) in [7, 11) is 0. The Bertz CT molecular complexity index is 1220. The van der Waals surface area contributed by atoms with Gasteiger partial charge in [-0.15, -0.1) is 0 Å². The van der Waals surface area contributed by atoms with Crippen LogP contribution in [-0.2, 0) is 19.0 Å². The van der Waals surface area contributed by atoms with Crippen LogP contribution < -0.4 is 0 Å². The van der Waals surface area contributed by atoms with Gasteiger partial charge in [-0.2, -0.15) is 0 Å². The van der Waals surface area contributed by atoms with Crippen LogP contribution in [0.3, 0.4) is 0 Å². The highest BCUT2D eigenvalue weighted by atomic mass is 16.7. The lowest BCUT2D eigenvalue weighted by Crippen LogP contribution is -2.76. The fourth-order valence-corrected chi connectivity index (χ4v) is 9.79. The smallest absolute Gasteiger partial charge is 0.331 e. The number of ether oxygens (including phenoxy) is 3. The van der Waals surface area contributed by atoms with Gasteiger partial charge < -0.3 is 55.1 Å². The predicted molar refractivity (Wildman–Crippen MR) is 139 cm³/mol. The average Bonchev–Trinajstić information content (AvgIpc) is 3.31. The van der Waals surface area contributed by atoms with Crippen molar-refractivity contribution in [2.24, 2.45) is 28.6 Å². The third-order valence-corrected chi connectivity index (χ3v) is 11.9. The molecule has 6 rings (SSSR count). The average molecular weight is 588 g/mol. The van der Waals surface area contributed by atoms with Gasteiger partial charge in [0.15, 0.2) is 6.29 Å². The van der Waals surface area contributed by atoms with Gasteiger partial charge in [0.25, 0.3) is 0 Å². The SMILES string of the molecule is [2H]C1=C([C@H]2CC[C@]3(O)[C@@H]4CC[C@]5(O)C[C@@H](O[C@@H]6OC(C)[C@H](O)C(O)[C@@H]6O)C[C@@H](O)[C@]5(CO)[C@H]4[C@H](O)C[C@]23C)C([2H])([2H])OC1=O. The maximum Gasteiger partial charge on any atom is 0.331 e. The van der Waals surface area contributed by atoms with Crippen LogP contribution >= 0.6 is 0 Å². The van der Waals surface area contributed by atoms with Gasteiger partial charge in [0, 0.05) is 30.2 Å². The minimum absolute atomic E-state index is 0.00204.